The molecule has 1 amide bonds. The van der Waals surface area contributed by atoms with Crippen LogP contribution in [0.4, 0.5) is 0 Å². The summed E-state index contributed by atoms with van der Waals surface area (Å²) in [7, 11) is 0. The van der Waals surface area contributed by atoms with Crippen molar-refractivity contribution in [2.24, 2.45) is 0 Å². The van der Waals surface area contributed by atoms with Gasteiger partial charge in [0.1, 0.15) is 0 Å². The molecule has 4 rings (SSSR count). The fourth-order valence-electron chi connectivity index (χ4n) is 4.62. The van der Waals surface area contributed by atoms with E-state index in [1.54, 1.807) is 0 Å². The Hall–Kier alpha value is -2.20. The van der Waals surface area contributed by atoms with Gasteiger partial charge in [-0.2, -0.15) is 0 Å². The molecule has 0 bridgehead atoms. The van der Waals surface area contributed by atoms with Gasteiger partial charge in [0, 0.05) is 18.2 Å². The number of benzene rings is 1. The number of carbonyl (C=O) groups is 2. The minimum absolute atomic E-state index is 0.0961. The van der Waals surface area contributed by atoms with Gasteiger partial charge in [0.25, 0.3) is 5.91 Å². The van der Waals surface area contributed by atoms with E-state index in [-0.39, 0.29) is 11.8 Å². The maximum atomic E-state index is 12.4. The van der Waals surface area contributed by atoms with Crippen molar-refractivity contribution in [3.8, 4) is 0 Å². The van der Waals surface area contributed by atoms with E-state index in [0.717, 1.165) is 56.3 Å². The first-order valence-electron chi connectivity index (χ1n) is 9.73. The Kier molecular flexibility index (Phi) is 4.77. The Balaban J connectivity index is 1.59. The Morgan fingerprint density at radius 2 is 2.00 bits per heavy atom. The van der Waals surface area contributed by atoms with E-state index in [2.05, 4.69) is 53.5 Å². The molecule has 2 atom stereocenters. The average Bonchev–Trinajstić information content (AvgIpc) is 2.96. The van der Waals surface area contributed by atoms with Crippen LogP contribution in [-0.2, 0) is 16.1 Å². The van der Waals surface area contributed by atoms with Crippen LogP contribution in [0.1, 0.15) is 44.6 Å². The largest absolute Gasteiger partial charge is 0.342 e. The third kappa shape index (κ3) is 3.14. The molecule has 2 unspecified atom stereocenters. The molecule has 2 fully saturated rings. The van der Waals surface area contributed by atoms with Gasteiger partial charge >= 0.3 is 0 Å². The first-order valence-corrected chi connectivity index (χ1v) is 9.73. The average molecular weight is 350 g/mol. The molecule has 1 N–H and O–H groups in total. The van der Waals surface area contributed by atoms with Crippen LogP contribution in [0, 0.1) is 0 Å². The lowest BCUT2D eigenvalue weighted by Crippen LogP contribution is -2.39. The van der Waals surface area contributed by atoms with E-state index in [9.17, 15) is 9.59 Å². The van der Waals surface area contributed by atoms with Gasteiger partial charge in [-0.15, -0.1) is 0 Å². The van der Waals surface area contributed by atoms with Crippen molar-refractivity contribution in [2.45, 2.75) is 57.7 Å². The van der Waals surface area contributed by atoms with E-state index >= 15 is 0 Å². The highest BCUT2D eigenvalue weighted by Crippen LogP contribution is 2.40. The molecule has 0 aromatic heterocycles. The molecular weight excluding hydrogens is 324 g/mol. The van der Waals surface area contributed by atoms with Gasteiger partial charge in [-0.3, -0.25) is 14.5 Å². The monoisotopic (exact) mass is 350 g/mol. The molecular formula is C22H26N2O2. The van der Waals surface area contributed by atoms with Crippen LogP contribution in [0.5, 0.6) is 0 Å². The maximum Gasteiger partial charge on any atom is 0.292 e. The van der Waals surface area contributed by atoms with Crippen LogP contribution in [0.3, 0.4) is 0 Å². The van der Waals surface area contributed by atoms with Gasteiger partial charge in [-0.05, 0) is 55.4 Å². The highest BCUT2D eigenvalue weighted by molar-refractivity contribution is 6.46. The number of amides is 1. The van der Waals surface area contributed by atoms with Crippen molar-refractivity contribution in [2.75, 3.05) is 6.54 Å². The normalized spacial score (nSPS) is 25.1. The van der Waals surface area contributed by atoms with Crippen LogP contribution < -0.4 is 5.32 Å². The quantitative estimate of drug-likeness (QED) is 0.830. The molecule has 26 heavy (non-hydrogen) atoms. The highest BCUT2D eigenvalue weighted by Gasteiger charge is 2.41. The first kappa shape index (κ1) is 17.2. The molecule has 3 aliphatic rings. The van der Waals surface area contributed by atoms with E-state index in [1.165, 1.54) is 11.1 Å². The van der Waals surface area contributed by atoms with E-state index in [0.29, 0.717) is 6.04 Å². The molecule has 1 heterocycles. The predicted octanol–water partition coefficient (Wildman–Crippen LogP) is 3.15. The van der Waals surface area contributed by atoms with Crippen LogP contribution in [0.25, 0.3) is 0 Å². The van der Waals surface area contributed by atoms with Crippen molar-refractivity contribution in [3.63, 3.8) is 0 Å². The van der Waals surface area contributed by atoms with Crippen molar-refractivity contribution in [1.82, 2.24) is 10.2 Å². The number of rotatable bonds is 5. The van der Waals surface area contributed by atoms with E-state index < -0.39 is 5.91 Å². The summed E-state index contributed by atoms with van der Waals surface area (Å²) in [6.07, 6.45) is 7.12. The Bertz CT molecular complexity index is 779. The number of carbonyl (C=O) groups excluding carboxylic acids is 2. The molecule has 0 spiro atoms. The molecule has 1 aliphatic heterocycles. The SMILES string of the molecule is CCCN(Cc1ccccc1)C1CCC2=CCC3NC(=O)C(=O)C3=C2C1. The first-order chi connectivity index (χ1) is 12.7. The van der Waals surface area contributed by atoms with Gasteiger partial charge in [0.05, 0.1) is 6.04 Å². The molecule has 0 radical (unpaired) electrons. The van der Waals surface area contributed by atoms with Gasteiger partial charge in [-0.1, -0.05) is 43.3 Å². The predicted molar refractivity (Wildman–Crippen MR) is 101 cm³/mol. The Morgan fingerprint density at radius 3 is 2.77 bits per heavy atom. The molecule has 2 aliphatic carbocycles. The van der Waals surface area contributed by atoms with Crippen molar-refractivity contribution in [1.29, 1.82) is 0 Å². The number of Topliss-reactive ketones (excluding diaryl/α,β-unsaturated/α-hetero) is 1. The highest BCUT2D eigenvalue weighted by atomic mass is 16.2. The molecule has 1 aromatic carbocycles. The smallest absolute Gasteiger partial charge is 0.292 e. The van der Waals surface area contributed by atoms with E-state index in [4.69, 9.17) is 0 Å². The summed E-state index contributed by atoms with van der Waals surface area (Å²) < 4.78 is 0. The number of hydrogen-bond donors (Lipinski definition) is 1. The molecule has 1 aromatic rings. The summed E-state index contributed by atoms with van der Waals surface area (Å²) in [5.41, 5.74) is 4.53. The van der Waals surface area contributed by atoms with Crippen LogP contribution in [-0.4, -0.2) is 35.2 Å². The fourth-order valence-corrected chi connectivity index (χ4v) is 4.62. The Labute approximate surface area is 155 Å². The fraction of sp³-hybridized carbons (Fsp3) is 0.455. The molecule has 4 nitrogen and oxygen atoms in total. The second-order valence-electron chi connectivity index (χ2n) is 7.57. The summed E-state index contributed by atoms with van der Waals surface area (Å²) in [6.45, 7) is 4.21. The number of hydrogen-bond acceptors (Lipinski definition) is 3. The topological polar surface area (TPSA) is 49.4 Å². The zero-order chi connectivity index (χ0) is 18.1. The van der Waals surface area contributed by atoms with Crippen molar-refractivity contribution >= 4 is 11.7 Å². The van der Waals surface area contributed by atoms with Gasteiger partial charge < -0.3 is 5.32 Å². The molecule has 136 valence electrons. The van der Waals surface area contributed by atoms with Gasteiger partial charge in [-0.25, -0.2) is 0 Å². The van der Waals surface area contributed by atoms with Gasteiger partial charge in [0.2, 0.25) is 5.78 Å². The minimum Gasteiger partial charge on any atom is -0.342 e. The second kappa shape index (κ2) is 7.20. The number of nitrogens with zero attached hydrogens (tertiary/aromatic N) is 1. The lowest BCUT2D eigenvalue weighted by atomic mass is 9.77. The van der Waals surface area contributed by atoms with Crippen molar-refractivity contribution in [3.05, 3.63) is 58.7 Å². The zero-order valence-corrected chi connectivity index (χ0v) is 15.3. The summed E-state index contributed by atoms with van der Waals surface area (Å²) in [6, 6.07) is 10.9. The summed E-state index contributed by atoms with van der Waals surface area (Å²) in [4.78, 5) is 26.8. The minimum atomic E-state index is -0.427. The Morgan fingerprint density at radius 1 is 1.19 bits per heavy atom. The number of fused-ring (bicyclic) bond motifs is 2. The molecule has 1 saturated carbocycles. The second-order valence-corrected chi connectivity index (χ2v) is 7.57. The number of ketones is 1. The lowest BCUT2D eigenvalue weighted by molar-refractivity contribution is -0.133. The molecule has 4 heteroatoms. The molecule has 1 saturated heterocycles. The summed E-state index contributed by atoms with van der Waals surface area (Å²) in [5.74, 6) is -0.731. The van der Waals surface area contributed by atoms with Crippen molar-refractivity contribution < 1.29 is 9.59 Å². The van der Waals surface area contributed by atoms with Gasteiger partial charge in [0.15, 0.2) is 0 Å². The van der Waals surface area contributed by atoms with Crippen LogP contribution >= 0.6 is 0 Å². The number of allylic oxidation sites excluding steroid dienone is 1. The summed E-state index contributed by atoms with van der Waals surface area (Å²) in [5, 5.41) is 2.84. The standard InChI is InChI=1S/C22H26N2O2/c1-2-12-24(14-15-6-4-3-5-7-15)17-10-8-16-9-11-19-20(18(16)13-17)21(25)22(26)23-19/h3-7,9,17,19H,2,8,10-14H2,1H3,(H,23,26). The zero-order valence-electron chi connectivity index (χ0n) is 15.3. The third-order valence-electron chi connectivity index (χ3n) is 5.86. The number of nitrogens with one attached hydrogen (secondary N) is 1. The van der Waals surface area contributed by atoms with Crippen LogP contribution in [0.2, 0.25) is 0 Å². The van der Waals surface area contributed by atoms with Crippen LogP contribution in [0.15, 0.2) is 53.1 Å². The van der Waals surface area contributed by atoms with E-state index in [1.807, 2.05) is 0 Å². The lowest BCUT2D eigenvalue weighted by Gasteiger charge is -2.38. The maximum absolute atomic E-state index is 12.4. The summed E-state index contributed by atoms with van der Waals surface area (Å²) >= 11 is 0. The third-order valence-corrected chi connectivity index (χ3v) is 5.86.